The lowest BCUT2D eigenvalue weighted by Gasteiger charge is -2.38. The number of methoxy groups -OCH3 is 2. The fourth-order valence-corrected chi connectivity index (χ4v) is 4.28. The Bertz CT molecular complexity index is 875. The summed E-state index contributed by atoms with van der Waals surface area (Å²) in [5, 5.41) is 8.82. The standard InChI is InChI=1S/C26H39NO10/c1-5-34-26-19(8-10-32-12-13-33-11-9-28)20(18-6-7-21-22(14-18)36-17-35-21)15-23(37-26)25(29)27(2)16-24(30-3)31-4/h6-7,14-15,19-20,24,26,28H,5,8-13,16-17H2,1-4H3/t19-,20-,26-/m1/s1. The molecule has 2 aliphatic rings. The summed E-state index contributed by atoms with van der Waals surface area (Å²) in [5.41, 5.74) is 0.952. The van der Waals surface area contributed by atoms with Gasteiger partial charge in [0.25, 0.3) is 5.91 Å². The van der Waals surface area contributed by atoms with Crippen LogP contribution in [-0.2, 0) is 33.2 Å². The van der Waals surface area contributed by atoms with E-state index in [1.807, 2.05) is 31.2 Å². The Hall–Kier alpha value is -2.41. The molecule has 0 aliphatic carbocycles. The summed E-state index contributed by atoms with van der Waals surface area (Å²) in [6.45, 7) is 4.22. The lowest BCUT2D eigenvalue weighted by atomic mass is 9.81. The number of ether oxygens (including phenoxy) is 8. The highest BCUT2D eigenvalue weighted by atomic mass is 16.7. The predicted octanol–water partition coefficient (Wildman–Crippen LogP) is 1.88. The van der Waals surface area contributed by atoms with Crippen molar-refractivity contribution in [1.29, 1.82) is 0 Å². The van der Waals surface area contributed by atoms with Gasteiger partial charge >= 0.3 is 0 Å². The molecule has 0 saturated heterocycles. The van der Waals surface area contributed by atoms with E-state index in [9.17, 15) is 4.79 Å². The maximum absolute atomic E-state index is 13.3. The molecule has 11 heteroatoms. The number of fused-ring (bicyclic) bond motifs is 1. The Morgan fingerprint density at radius 1 is 1.11 bits per heavy atom. The molecule has 0 fully saturated rings. The molecular weight excluding hydrogens is 486 g/mol. The van der Waals surface area contributed by atoms with Gasteiger partial charge in [-0.1, -0.05) is 6.07 Å². The molecule has 1 aromatic carbocycles. The Labute approximate surface area is 218 Å². The summed E-state index contributed by atoms with van der Waals surface area (Å²) in [6, 6.07) is 5.78. The molecule has 0 spiro atoms. The number of carbonyl (C=O) groups is 1. The van der Waals surface area contributed by atoms with Crippen LogP contribution in [0.3, 0.4) is 0 Å². The topological polar surface area (TPSA) is 114 Å². The number of nitrogens with zero attached hydrogens (tertiary/aromatic N) is 1. The van der Waals surface area contributed by atoms with Crippen LogP contribution in [0, 0.1) is 5.92 Å². The third kappa shape index (κ3) is 8.03. The first-order valence-electron chi connectivity index (χ1n) is 12.5. The molecule has 0 saturated carbocycles. The molecule has 0 radical (unpaired) electrons. The van der Waals surface area contributed by atoms with E-state index in [1.165, 1.54) is 19.1 Å². The molecule has 3 rings (SSSR count). The number of amides is 1. The number of aliphatic hydroxyl groups excluding tert-OH is 1. The van der Waals surface area contributed by atoms with Gasteiger partial charge in [-0.2, -0.15) is 0 Å². The van der Waals surface area contributed by atoms with Crippen LogP contribution in [-0.4, -0.2) is 103 Å². The molecule has 11 nitrogen and oxygen atoms in total. The number of benzene rings is 1. The molecule has 208 valence electrons. The van der Waals surface area contributed by atoms with Crippen LogP contribution >= 0.6 is 0 Å². The largest absolute Gasteiger partial charge is 0.459 e. The summed E-state index contributed by atoms with van der Waals surface area (Å²) in [5.74, 6) is 0.905. The number of rotatable bonds is 16. The molecule has 0 aromatic heterocycles. The first-order valence-corrected chi connectivity index (χ1v) is 12.5. The van der Waals surface area contributed by atoms with Gasteiger partial charge in [0.2, 0.25) is 13.1 Å². The number of likely N-dealkylation sites (N-methyl/N-ethyl adjacent to an activating group) is 1. The van der Waals surface area contributed by atoms with Crippen molar-refractivity contribution in [3.63, 3.8) is 0 Å². The zero-order chi connectivity index (χ0) is 26.6. The lowest BCUT2D eigenvalue weighted by Crippen LogP contribution is -2.42. The van der Waals surface area contributed by atoms with Crippen molar-refractivity contribution >= 4 is 5.91 Å². The van der Waals surface area contributed by atoms with Crippen molar-refractivity contribution in [1.82, 2.24) is 4.90 Å². The van der Waals surface area contributed by atoms with Crippen LogP contribution in [0.1, 0.15) is 24.8 Å². The Morgan fingerprint density at radius 2 is 1.84 bits per heavy atom. The minimum absolute atomic E-state index is 0.0210. The monoisotopic (exact) mass is 525 g/mol. The molecule has 3 atom stereocenters. The lowest BCUT2D eigenvalue weighted by molar-refractivity contribution is -0.174. The third-order valence-corrected chi connectivity index (χ3v) is 6.21. The first kappa shape index (κ1) is 29.2. The summed E-state index contributed by atoms with van der Waals surface area (Å²) in [6.07, 6.45) is 1.24. The third-order valence-electron chi connectivity index (χ3n) is 6.21. The SMILES string of the molecule is CCO[C@@H]1OC(C(=O)N(C)CC(OC)OC)=C[C@H](c2ccc3c(c2)OCO3)[C@H]1CCOCCOCCO. The molecule has 1 N–H and O–H groups in total. The molecule has 2 heterocycles. The summed E-state index contributed by atoms with van der Waals surface area (Å²) >= 11 is 0. The fraction of sp³-hybridized carbons (Fsp3) is 0.654. The number of allylic oxidation sites excluding steroid dienone is 1. The maximum atomic E-state index is 13.3. The second-order valence-electron chi connectivity index (χ2n) is 8.60. The Kier molecular flexibility index (Phi) is 11.9. The summed E-state index contributed by atoms with van der Waals surface area (Å²) < 4.78 is 44.7. The average molecular weight is 526 g/mol. The van der Waals surface area contributed by atoms with Crippen molar-refractivity contribution in [2.24, 2.45) is 5.92 Å². The first-order chi connectivity index (χ1) is 18.0. The van der Waals surface area contributed by atoms with E-state index in [-0.39, 0.29) is 50.1 Å². The van der Waals surface area contributed by atoms with Crippen molar-refractivity contribution in [2.45, 2.75) is 31.8 Å². The molecule has 37 heavy (non-hydrogen) atoms. The number of hydrogen-bond donors (Lipinski definition) is 1. The molecule has 1 amide bonds. The molecular formula is C26H39NO10. The van der Waals surface area contributed by atoms with E-state index in [2.05, 4.69) is 0 Å². The van der Waals surface area contributed by atoms with Gasteiger partial charge in [-0.05, 0) is 37.1 Å². The normalized spacial score (nSPS) is 20.6. The smallest absolute Gasteiger partial charge is 0.288 e. The van der Waals surface area contributed by atoms with E-state index < -0.39 is 12.6 Å². The number of hydrogen-bond acceptors (Lipinski definition) is 10. The van der Waals surface area contributed by atoms with E-state index in [1.54, 1.807) is 7.05 Å². The van der Waals surface area contributed by atoms with Crippen molar-refractivity contribution < 1.29 is 47.8 Å². The maximum Gasteiger partial charge on any atom is 0.288 e. The van der Waals surface area contributed by atoms with Gasteiger partial charge in [-0.25, -0.2) is 0 Å². The van der Waals surface area contributed by atoms with Crippen molar-refractivity contribution in [3.8, 4) is 11.5 Å². The van der Waals surface area contributed by atoms with Crippen LogP contribution < -0.4 is 9.47 Å². The van der Waals surface area contributed by atoms with Gasteiger partial charge in [0.1, 0.15) is 0 Å². The fourth-order valence-electron chi connectivity index (χ4n) is 4.28. The number of carbonyl (C=O) groups excluding carboxylic acids is 1. The van der Waals surface area contributed by atoms with Gasteiger partial charge < -0.3 is 47.9 Å². The summed E-state index contributed by atoms with van der Waals surface area (Å²) in [7, 11) is 4.71. The zero-order valence-electron chi connectivity index (χ0n) is 22.1. The molecule has 0 unspecified atom stereocenters. The van der Waals surface area contributed by atoms with Gasteiger partial charge in [0.05, 0.1) is 33.0 Å². The van der Waals surface area contributed by atoms with E-state index >= 15 is 0 Å². The molecule has 2 aliphatic heterocycles. The highest BCUT2D eigenvalue weighted by molar-refractivity contribution is 5.91. The molecule has 1 aromatic rings. The quantitative estimate of drug-likeness (QED) is 0.253. The molecule has 0 bridgehead atoms. The minimum atomic E-state index is -0.660. The second kappa shape index (κ2) is 15.1. The van der Waals surface area contributed by atoms with Crippen LogP contribution in [0.25, 0.3) is 0 Å². The minimum Gasteiger partial charge on any atom is -0.459 e. The van der Waals surface area contributed by atoms with Crippen molar-refractivity contribution in [2.75, 3.05) is 74.2 Å². The van der Waals surface area contributed by atoms with Crippen LogP contribution in [0.2, 0.25) is 0 Å². The predicted molar refractivity (Wildman–Crippen MR) is 132 cm³/mol. The second-order valence-corrected chi connectivity index (χ2v) is 8.60. The van der Waals surface area contributed by atoms with Gasteiger partial charge in [-0.3, -0.25) is 4.79 Å². The van der Waals surface area contributed by atoms with E-state index in [0.29, 0.717) is 44.3 Å². The highest BCUT2D eigenvalue weighted by Crippen LogP contribution is 2.42. The van der Waals surface area contributed by atoms with Gasteiger partial charge in [0, 0.05) is 46.3 Å². The number of aliphatic hydroxyl groups is 1. The highest BCUT2D eigenvalue weighted by Gasteiger charge is 2.39. The van der Waals surface area contributed by atoms with Gasteiger partial charge in [0.15, 0.2) is 23.5 Å². The summed E-state index contributed by atoms with van der Waals surface area (Å²) in [4.78, 5) is 14.8. The zero-order valence-corrected chi connectivity index (χ0v) is 22.1. The van der Waals surface area contributed by atoms with Crippen molar-refractivity contribution in [3.05, 3.63) is 35.6 Å². The van der Waals surface area contributed by atoms with E-state index in [0.717, 1.165) is 5.56 Å². The van der Waals surface area contributed by atoms with Crippen LogP contribution in [0.15, 0.2) is 30.0 Å². The van der Waals surface area contributed by atoms with Crippen LogP contribution in [0.5, 0.6) is 11.5 Å². The van der Waals surface area contributed by atoms with E-state index in [4.69, 9.17) is 43.0 Å². The average Bonchev–Trinajstić information content (AvgIpc) is 3.39. The van der Waals surface area contributed by atoms with Gasteiger partial charge in [-0.15, -0.1) is 0 Å². The van der Waals surface area contributed by atoms with Crippen LogP contribution in [0.4, 0.5) is 0 Å². The Morgan fingerprint density at radius 3 is 2.54 bits per heavy atom. The Balaban J connectivity index is 1.82.